The van der Waals surface area contributed by atoms with Gasteiger partial charge < -0.3 is 16.2 Å². The summed E-state index contributed by atoms with van der Waals surface area (Å²) in [7, 11) is 0. The summed E-state index contributed by atoms with van der Waals surface area (Å²) < 4.78 is 5.38. The van der Waals surface area contributed by atoms with Gasteiger partial charge in [0.1, 0.15) is 5.75 Å². The Balaban J connectivity index is 2.51. The van der Waals surface area contributed by atoms with Crippen molar-refractivity contribution in [3.8, 4) is 5.75 Å². The number of hydrogen-bond donors (Lipinski definition) is 2. The highest BCUT2D eigenvalue weighted by molar-refractivity contribution is 6.32. The molecule has 0 aliphatic carbocycles. The lowest BCUT2D eigenvalue weighted by Gasteiger charge is -2.20. The second-order valence-electron chi connectivity index (χ2n) is 4.61. The van der Waals surface area contributed by atoms with Crippen LogP contribution in [0.5, 0.6) is 5.75 Å². The second-order valence-corrected chi connectivity index (χ2v) is 5.01. The molecule has 0 saturated carbocycles. The third-order valence-corrected chi connectivity index (χ3v) is 3.08. The fraction of sp³-hybridized carbons (Fsp3) is 0.417. The maximum atomic E-state index is 11.0. The van der Waals surface area contributed by atoms with Crippen LogP contribution in [0.15, 0.2) is 18.2 Å². The second kappa shape index (κ2) is 6.53. The molecule has 1 aromatic rings. The zero-order chi connectivity index (χ0) is 15.3. The summed E-state index contributed by atoms with van der Waals surface area (Å²) in [6.45, 7) is 1.83. The van der Waals surface area contributed by atoms with Gasteiger partial charge in [-0.1, -0.05) is 11.6 Å². The maximum absolute atomic E-state index is 11.0. The van der Waals surface area contributed by atoms with Gasteiger partial charge in [0.25, 0.3) is 5.69 Å². The molecule has 1 aromatic carbocycles. The van der Waals surface area contributed by atoms with Gasteiger partial charge in [-0.25, -0.2) is 0 Å². The fourth-order valence-corrected chi connectivity index (χ4v) is 1.69. The number of halogens is 1. The van der Waals surface area contributed by atoms with Gasteiger partial charge in [0.15, 0.2) is 0 Å². The SMILES string of the molecule is CC(N)(CCCOc1ccc([N+](=O)[O-])cc1Cl)C(N)=O. The van der Waals surface area contributed by atoms with E-state index in [2.05, 4.69) is 0 Å². The number of carbonyl (C=O) groups is 1. The maximum Gasteiger partial charge on any atom is 0.271 e. The van der Waals surface area contributed by atoms with Gasteiger partial charge in [0.2, 0.25) is 5.91 Å². The van der Waals surface area contributed by atoms with Crippen molar-refractivity contribution in [3.05, 3.63) is 33.3 Å². The lowest BCUT2D eigenvalue weighted by Crippen LogP contribution is -2.49. The highest BCUT2D eigenvalue weighted by atomic mass is 35.5. The van der Waals surface area contributed by atoms with Crippen molar-refractivity contribution < 1.29 is 14.5 Å². The number of primary amides is 1. The highest BCUT2D eigenvalue weighted by Crippen LogP contribution is 2.28. The van der Waals surface area contributed by atoms with Gasteiger partial charge in [-0.05, 0) is 25.8 Å². The zero-order valence-electron chi connectivity index (χ0n) is 11.0. The van der Waals surface area contributed by atoms with Crippen LogP contribution in [0.4, 0.5) is 5.69 Å². The average Bonchev–Trinajstić information content (AvgIpc) is 2.35. The van der Waals surface area contributed by atoms with Gasteiger partial charge in [-0.2, -0.15) is 0 Å². The Hall–Kier alpha value is -1.86. The van der Waals surface area contributed by atoms with Crippen molar-refractivity contribution in [2.75, 3.05) is 6.61 Å². The predicted molar refractivity (Wildman–Crippen MR) is 74.6 cm³/mol. The summed E-state index contributed by atoms with van der Waals surface area (Å²) in [4.78, 5) is 21.0. The molecule has 0 saturated heterocycles. The van der Waals surface area contributed by atoms with Gasteiger partial charge in [-0.15, -0.1) is 0 Å². The van der Waals surface area contributed by atoms with E-state index in [1.807, 2.05) is 0 Å². The van der Waals surface area contributed by atoms with Crippen LogP contribution >= 0.6 is 11.6 Å². The smallest absolute Gasteiger partial charge is 0.271 e. The summed E-state index contributed by atoms with van der Waals surface area (Å²) in [5.41, 5.74) is 9.65. The normalized spacial score (nSPS) is 13.6. The van der Waals surface area contributed by atoms with Gasteiger partial charge >= 0.3 is 0 Å². The molecule has 0 fully saturated rings. The van der Waals surface area contributed by atoms with Crippen LogP contribution in [-0.4, -0.2) is 23.0 Å². The molecule has 20 heavy (non-hydrogen) atoms. The number of nitrogens with zero attached hydrogens (tertiary/aromatic N) is 1. The number of rotatable bonds is 7. The molecule has 0 radical (unpaired) electrons. The largest absolute Gasteiger partial charge is 0.492 e. The molecule has 1 rings (SSSR count). The summed E-state index contributed by atoms with van der Waals surface area (Å²) in [6.07, 6.45) is 0.871. The van der Waals surface area contributed by atoms with Crippen LogP contribution in [0.2, 0.25) is 5.02 Å². The van der Waals surface area contributed by atoms with E-state index in [1.165, 1.54) is 18.2 Å². The van der Waals surface area contributed by atoms with E-state index in [9.17, 15) is 14.9 Å². The Morgan fingerprint density at radius 2 is 2.20 bits per heavy atom. The quantitative estimate of drug-likeness (QED) is 0.450. The Kier molecular flexibility index (Phi) is 5.29. The van der Waals surface area contributed by atoms with Crippen molar-refractivity contribution in [2.45, 2.75) is 25.3 Å². The Labute approximate surface area is 121 Å². The standard InChI is InChI=1S/C12H16ClN3O4/c1-12(15,11(14)17)5-2-6-20-10-4-3-8(16(18)19)7-9(10)13/h3-4,7H,2,5-6,15H2,1H3,(H2,14,17). The summed E-state index contributed by atoms with van der Waals surface area (Å²) in [6, 6.07) is 3.95. The van der Waals surface area contributed by atoms with Crippen LogP contribution in [0, 0.1) is 10.1 Å². The molecule has 110 valence electrons. The van der Waals surface area contributed by atoms with Crippen LogP contribution in [0.1, 0.15) is 19.8 Å². The number of benzene rings is 1. The van der Waals surface area contributed by atoms with E-state index < -0.39 is 16.4 Å². The third-order valence-electron chi connectivity index (χ3n) is 2.79. The van der Waals surface area contributed by atoms with Gasteiger partial charge in [0, 0.05) is 12.1 Å². The Bertz CT molecular complexity index is 519. The van der Waals surface area contributed by atoms with E-state index in [0.29, 0.717) is 18.6 Å². The molecule has 7 nitrogen and oxygen atoms in total. The van der Waals surface area contributed by atoms with Crippen LogP contribution in [0.25, 0.3) is 0 Å². The van der Waals surface area contributed by atoms with Crippen LogP contribution in [-0.2, 0) is 4.79 Å². The lowest BCUT2D eigenvalue weighted by atomic mass is 9.97. The minimum absolute atomic E-state index is 0.106. The molecule has 1 amide bonds. The van der Waals surface area contributed by atoms with E-state index in [-0.39, 0.29) is 17.3 Å². The number of nitro groups is 1. The van der Waals surface area contributed by atoms with Crippen molar-refractivity contribution in [3.63, 3.8) is 0 Å². The minimum atomic E-state index is -1.08. The Morgan fingerprint density at radius 3 is 2.70 bits per heavy atom. The molecule has 1 atom stereocenters. The number of hydrogen-bond acceptors (Lipinski definition) is 5. The monoisotopic (exact) mass is 301 g/mol. The van der Waals surface area contributed by atoms with E-state index in [0.717, 1.165) is 0 Å². The number of ether oxygens (including phenoxy) is 1. The van der Waals surface area contributed by atoms with Crippen LogP contribution < -0.4 is 16.2 Å². The summed E-state index contributed by atoms with van der Waals surface area (Å²) in [5.74, 6) is -0.235. The van der Waals surface area contributed by atoms with E-state index >= 15 is 0 Å². The van der Waals surface area contributed by atoms with Crippen LogP contribution in [0.3, 0.4) is 0 Å². The number of nitrogens with two attached hydrogens (primary N) is 2. The van der Waals surface area contributed by atoms with Crippen molar-refractivity contribution in [2.24, 2.45) is 11.5 Å². The predicted octanol–water partition coefficient (Wildman–Crippen LogP) is 1.61. The minimum Gasteiger partial charge on any atom is -0.492 e. The first kappa shape index (κ1) is 16.2. The molecule has 0 bridgehead atoms. The molecule has 0 aliphatic rings. The summed E-state index contributed by atoms with van der Waals surface area (Å²) in [5, 5.41) is 10.7. The lowest BCUT2D eigenvalue weighted by molar-refractivity contribution is -0.384. The highest BCUT2D eigenvalue weighted by Gasteiger charge is 2.24. The number of amides is 1. The van der Waals surface area contributed by atoms with Gasteiger partial charge in [-0.3, -0.25) is 14.9 Å². The first-order chi connectivity index (χ1) is 9.24. The fourth-order valence-electron chi connectivity index (χ4n) is 1.47. The zero-order valence-corrected chi connectivity index (χ0v) is 11.7. The van der Waals surface area contributed by atoms with Gasteiger partial charge in [0.05, 0.1) is 22.1 Å². The van der Waals surface area contributed by atoms with Crippen molar-refractivity contribution in [1.29, 1.82) is 0 Å². The molecule has 0 spiro atoms. The number of nitro benzene ring substituents is 1. The third kappa shape index (κ3) is 4.36. The number of carbonyl (C=O) groups excluding carboxylic acids is 1. The van der Waals surface area contributed by atoms with E-state index in [1.54, 1.807) is 6.92 Å². The molecule has 0 aromatic heterocycles. The summed E-state index contributed by atoms with van der Waals surface area (Å²) >= 11 is 5.86. The van der Waals surface area contributed by atoms with Crippen molar-refractivity contribution >= 4 is 23.2 Å². The van der Waals surface area contributed by atoms with E-state index in [4.69, 9.17) is 27.8 Å². The Morgan fingerprint density at radius 1 is 1.55 bits per heavy atom. The number of non-ortho nitro benzene ring substituents is 1. The molecular weight excluding hydrogens is 286 g/mol. The first-order valence-electron chi connectivity index (χ1n) is 5.89. The van der Waals surface area contributed by atoms with Crippen molar-refractivity contribution in [1.82, 2.24) is 0 Å². The molecular formula is C12H16ClN3O4. The first-order valence-corrected chi connectivity index (χ1v) is 6.27. The molecule has 1 unspecified atom stereocenters. The molecule has 4 N–H and O–H groups in total. The molecule has 0 heterocycles. The average molecular weight is 302 g/mol. The molecule has 0 aliphatic heterocycles. The molecule has 8 heteroatoms. The topological polar surface area (TPSA) is 121 Å².